The molecule has 9 aromatic carbocycles. The number of hydrogen-bond donors (Lipinski definition) is 0. The van der Waals surface area contributed by atoms with Crippen molar-refractivity contribution >= 4 is 32.6 Å². The number of rotatable bonds is 4. The van der Waals surface area contributed by atoms with E-state index in [1.54, 1.807) is 0 Å². The Labute approximate surface area is 333 Å². The summed E-state index contributed by atoms with van der Waals surface area (Å²) in [5.41, 5.74) is 20.7. The second-order valence-electron chi connectivity index (χ2n) is 16.5. The molecule has 1 heteroatoms. The third-order valence-corrected chi connectivity index (χ3v) is 13.1. The molecule has 0 bridgehead atoms. The minimum absolute atomic E-state index is 0.0890. The number of hydrogen-bond acceptors (Lipinski definition) is 0. The zero-order chi connectivity index (χ0) is 37.8. The molecule has 1 unspecified atom stereocenters. The van der Waals surface area contributed by atoms with E-state index < -0.39 is 0 Å². The standard InChI is InChI=1S/C56H39N/c1-56(2)49-22-11-10-21-46(49)54-50(56)28-30-52-55(54)48-34-40(26-29-51(48)57(52)42-18-12-17-38(32-42)35-13-4-3-5-14-35)39-25-27-45-47(33-39)43-19-8-9-20-44(43)53(45)41-24-23-36-15-6-7-16-37(36)31-41/h3-34,53H,1-2H3. The molecule has 0 N–H and O–H groups in total. The topological polar surface area (TPSA) is 4.93 Å². The number of aromatic nitrogens is 1. The number of benzene rings is 9. The average molecular weight is 726 g/mol. The van der Waals surface area contributed by atoms with Crippen LogP contribution in [-0.4, -0.2) is 4.57 Å². The summed E-state index contributed by atoms with van der Waals surface area (Å²) in [6.45, 7) is 4.76. The summed E-state index contributed by atoms with van der Waals surface area (Å²) >= 11 is 0. The molecule has 268 valence electrons. The molecule has 1 atom stereocenters. The van der Waals surface area contributed by atoms with Crippen molar-refractivity contribution in [2.75, 3.05) is 0 Å². The first-order chi connectivity index (χ1) is 28.0. The molecule has 0 fully saturated rings. The molecular weight excluding hydrogens is 687 g/mol. The monoisotopic (exact) mass is 725 g/mol. The van der Waals surface area contributed by atoms with Gasteiger partial charge in [-0.3, -0.25) is 0 Å². The first kappa shape index (κ1) is 32.3. The molecule has 0 spiro atoms. The van der Waals surface area contributed by atoms with E-state index in [4.69, 9.17) is 0 Å². The minimum Gasteiger partial charge on any atom is -0.309 e. The highest BCUT2D eigenvalue weighted by Crippen LogP contribution is 2.54. The minimum atomic E-state index is -0.0890. The third kappa shape index (κ3) is 4.69. The van der Waals surface area contributed by atoms with Gasteiger partial charge in [0.05, 0.1) is 11.0 Å². The first-order valence-corrected chi connectivity index (χ1v) is 20.1. The van der Waals surface area contributed by atoms with Crippen LogP contribution in [0.5, 0.6) is 0 Å². The van der Waals surface area contributed by atoms with Crippen molar-refractivity contribution in [3.8, 4) is 50.2 Å². The lowest BCUT2D eigenvalue weighted by Gasteiger charge is -2.21. The summed E-state index contributed by atoms with van der Waals surface area (Å²) in [5, 5.41) is 5.18. The Balaban J connectivity index is 1.08. The molecule has 0 radical (unpaired) electrons. The van der Waals surface area contributed by atoms with E-state index in [1.165, 1.54) is 111 Å². The quantitative estimate of drug-likeness (QED) is 0.170. The van der Waals surface area contributed by atoms with Gasteiger partial charge in [0.2, 0.25) is 0 Å². The summed E-state index contributed by atoms with van der Waals surface area (Å²) in [5.74, 6) is 0.202. The highest BCUT2D eigenvalue weighted by atomic mass is 15.0. The molecule has 0 saturated heterocycles. The lowest BCUT2D eigenvalue weighted by molar-refractivity contribution is 0.661. The SMILES string of the molecule is CC1(C)c2ccccc2-c2c1ccc1c2c2cc(-c3ccc4c(c3)-c3ccccc3C4c3ccc4ccccc4c3)ccc2n1-c1cccc(-c2ccccc2)c1. The van der Waals surface area contributed by atoms with Gasteiger partial charge < -0.3 is 4.57 Å². The van der Waals surface area contributed by atoms with Crippen LogP contribution in [0.1, 0.15) is 47.6 Å². The first-order valence-electron chi connectivity index (χ1n) is 20.1. The molecule has 1 heterocycles. The van der Waals surface area contributed by atoms with Crippen molar-refractivity contribution in [2.45, 2.75) is 25.2 Å². The molecule has 0 aliphatic heterocycles. The van der Waals surface area contributed by atoms with Crippen molar-refractivity contribution < 1.29 is 0 Å². The highest BCUT2D eigenvalue weighted by Gasteiger charge is 2.37. The summed E-state index contributed by atoms with van der Waals surface area (Å²) in [6.07, 6.45) is 0. The molecule has 0 saturated carbocycles. The highest BCUT2D eigenvalue weighted by molar-refractivity contribution is 6.18. The zero-order valence-corrected chi connectivity index (χ0v) is 32.0. The van der Waals surface area contributed by atoms with E-state index in [-0.39, 0.29) is 11.3 Å². The fourth-order valence-corrected chi connectivity index (χ4v) is 10.3. The average Bonchev–Trinajstić information content (AvgIpc) is 3.86. The molecule has 57 heavy (non-hydrogen) atoms. The Bertz CT molecular complexity index is 3270. The Hall–Kier alpha value is -6.96. The van der Waals surface area contributed by atoms with Crippen LogP contribution in [0.15, 0.2) is 194 Å². The normalized spacial score (nSPS) is 14.8. The summed E-state index contributed by atoms with van der Waals surface area (Å²) in [4.78, 5) is 0. The second-order valence-corrected chi connectivity index (χ2v) is 16.5. The molecule has 12 rings (SSSR count). The van der Waals surface area contributed by atoms with Gasteiger partial charge in [0.1, 0.15) is 0 Å². The van der Waals surface area contributed by atoms with Crippen LogP contribution in [0.3, 0.4) is 0 Å². The van der Waals surface area contributed by atoms with Crippen molar-refractivity contribution in [1.82, 2.24) is 4.57 Å². The van der Waals surface area contributed by atoms with Crippen molar-refractivity contribution in [3.63, 3.8) is 0 Å². The summed E-state index contributed by atoms with van der Waals surface area (Å²) < 4.78 is 2.49. The summed E-state index contributed by atoms with van der Waals surface area (Å²) in [6, 6.07) is 72.6. The van der Waals surface area contributed by atoms with Crippen molar-refractivity contribution in [2.24, 2.45) is 0 Å². The number of fused-ring (bicyclic) bond motifs is 11. The van der Waals surface area contributed by atoms with Gasteiger partial charge in [0.15, 0.2) is 0 Å². The number of nitrogens with zero attached hydrogens (tertiary/aromatic N) is 1. The van der Waals surface area contributed by atoms with Crippen LogP contribution in [0.2, 0.25) is 0 Å². The van der Waals surface area contributed by atoms with Gasteiger partial charge in [0.25, 0.3) is 0 Å². The van der Waals surface area contributed by atoms with Gasteiger partial charge in [0, 0.05) is 27.8 Å². The Morgan fingerprint density at radius 2 is 1.11 bits per heavy atom. The Morgan fingerprint density at radius 3 is 2.00 bits per heavy atom. The van der Waals surface area contributed by atoms with E-state index in [0.717, 1.165) is 0 Å². The van der Waals surface area contributed by atoms with Gasteiger partial charge in [-0.25, -0.2) is 0 Å². The predicted octanol–water partition coefficient (Wildman–Crippen LogP) is 14.7. The van der Waals surface area contributed by atoms with E-state index in [1.807, 2.05) is 0 Å². The lowest BCUT2D eigenvalue weighted by Crippen LogP contribution is -2.14. The van der Waals surface area contributed by atoms with Crippen LogP contribution >= 0.6 is 0 Å². The van der Waals surface area contributed by atoms with Crippen LogP contribution in [0.4, 0.5) is 0 Å². The fraction of sp³-hybridized carbons (Fsp3) is 0.0714. The van der Waals surface area contributed by atoms with Crippen LogP contribution < -0.4 is 0 Å². The zero-order valence-electron chi connectivity index (χ0n) is 32.0. The molecule has 0 amide bonds. The smallest absolute Gasteiger partial charge is 0.0547 e. The van der Waals surface area contributed by atoms with E-state index in [0.29, 0.717) is 0 Å². The second kappa shape index (κ2) is 12.0. The van der Waals surface area contributed by atoms with Gasteiger partial charge in [-0.15, -0.1) is 0 Å². The van der Waals surface area contributed by atoms with Crippen LogP contribution in [0, 0.1) is 0 Å². The van der Waals surface area contributed by atoms with E-state index in [2.05, 4.69) is 213 Å². The fourth-order valence-electron chi connectivity index (χ4n) is 10.3. The third-order valence-electron chi connectivity index (χ3n) is 13.1. The largest absolute Gasteiger partial charge is 0.309 e. The molecule has 1 aromatic heterocycles. The van der Waals surface area contributed by atoms with Crippen LogP contribution in [0.25, 0.3) is 82.8 Å². The maximum atomic E-state index is 2.49. The van der Waals surface area contributed by atoms with Gasteiger partial charge in [-0.2, -0.15) is 0 Å². The lowest BCUT2D eigenvalue weighted by atomic mass is 9.82. The van der Waals surface area contributed by atoms with Gasteiger partial charge in [-0.05, 0) is 119 Å². The van der Waals surface area contributed by atoms with Gasteiger partial charge in [-0.1, -0.05) is 172 Å². The predicted molar refractivity (Wildman–Crippen MR) is 240 cm³/mol. The van der Waals surface area contributed by atoms with Crippen molar-refractivity contribution in [1.29, 1.82) is 0 Å². The Morgan fingerprint density at radius 1 is 0.421 bits per heavy atom. The van der Waals surface area contributed by atoms with Crippen molar-refractivity contribution in [3.05, 3.63) is 222 Å². The van der Waals surface area contributed by atoms with Crippen LogP contribution in [-0.2, 0) is 5.41 Å². The van der Waals surface area contributed by atoms with E-state index >= 15 is 0 Å². The maximum absolute atomic E-state index is 2.49. The van der Waals surface area contributed by atoms with E-state index in [9.17, 15) is 0 Å². The molecule has 2 aliphatic carbocycles. The van der Waals surface area contributed by atoms with Gasteiger partial charge >= 0.3 is 0 Å². The maximum Gasteiger partial charge on any atom is 0.0547 e. The Kier molecular flexibility index (Phi) is 6.81. The molecule has 1 nitrogen and oxygen atoms in total. The molecular formula is C56H39N. The summed E-state index contributed by atoms with van der Waals surface area (Å²) in [7, 11) is 0. The molecule has 2 aliphatic rings. The molecule has 10 aromatic rings.